The topological polar surface area (TPSA) is 68.3 Å². The first kappa shape index (κ1) is 19.8. The van der Waals surface area contributed by atoms with Crippen LogP contribution in [0.5, 0.6) is 5.75 Å². The zero-order chi connectivity index (χ0) is 19.4. The molecule has 0 radical (unpaired) electrons. The summed E-state index contributed by atoms with van der Waals surface area (Å²) in [6, 6.07) is 10.7. The first-order valence-corrected chi connectivity index (χ1v) is 10.7. The van der Waals surface area contributed by atoms with Crippen LogP contribution in [0.2, 0.25) is 5.02 Å². The van der Waals surface area contributed by atoms with Gasteiger partial charge in [0.25, 0.3) is 0 Å². The lowest BCUT2D eigenvalue weighted by Gasteiger charge is -2.10. The predicted octanol–water partition coefficient (Wildman–Crippen LogP) is 4.13. The monoisotopic (exact) mass is 426 g/mol. The van der Waals surface area contributed by atoms with E-state index >= 15 is 0 Å². The van der Waals surface area contributed by atoms with Gasteiger partial charge in [-0.05, 0) is 30.3 Å². The lowest BCUT2D eigenvalue weighted by molar-refractivity contribution is 0.400. The molecular formula is C18H16ClFN2O3S2. The van der Waals surface area contributed by atoms with Crippen LogP contribution in [0.3, 0.4) is 0 Å². The van der Waals surface area contributed by atoms with Crippen molar-refractivity contribution in [2.75, 3.05) is 13.7 Å². The molecule has 1 aromatic heterocycles. The van der Waals surface area contributed by atoms with Gasteiger partial charge in [-0.3, -0.25) is 0 Å². The number of hydrogen-bond acceptors (Lipinski definition) is 5. The van der Waals surface area contributed by atoms with Crippen molar-refractivity contribution in [2.24, 2.45) is 0 Å². The van der Waals surface area contributed by atoms with E-state index in [1.165, 1.54) is 24.5 Å². The lowest BCUT2D eigenvalue weighted by atomic mass is 10.2. The molecule has 142 valence electrons. The maximum absolute atomic E-state index is 13.4. The van der Waals surface area contributed by atoms with Gasteiger partial charge in [-0.1, -0.05) is 23.7 Å². The van der Waals surface area contributed by atoms with Crippen molar-refractivity contribution in [1.29, 1.82) is 0 Å². The molecule has 0 aliphatic rings. The average Bonchev–Trinajstić information content (AvgIpc) is 3.11. The number of nitrogens with zero attached hydrogens (tertiary/aromatic N) is 1. The molecule has 1 N–H and O–H groups in total. The number of ether oxygens (including phenoxy) is 1. The summed E-state index contributed by atoms with van der Waals surface area (Å²) < 4.78 is 45.7. The van der Waals surface area contributed by atoms with E-state index in [2.05, 4.69) is 9.71 Å². The lowest BCUT2D eigenvalue weighted by Crippen LogP contribution is -2.26. The number of benzene rings is 2. The third-order valence-electron chi connectivity index (χ3n) is 3.73. The summed E-state index contributed by atoms with van der Waals surface area (Å²) >= 11 is 7.35. The number of aromatic nitrogens is 1. The van der Waals surface area contributed by atoms with Gasteiger partial charge in [0, 0.05) is 28.9 Å². The third-order valence-corrected chi connectivity index (χ3v) is 6.41. The maximum atomic E-state index is 13.4. The highest BCUT2D eigenvalue weighted by atomic mass is 35.5. The summed E-state index contributed by atoms with van der Waals surface area (Å²) in [4.78, 5) is 4.27. The summed E-state index contributed by atoms with van der Waals surface area (Å²) in [6.07, 6.45) is 0.404. The van der Waals surface area contributed by atoms with Gasteiger partial charge in [-0.25, -0.2) is 22.5 Å². The molecule has 3 rings (SSSR count). The Morgan fingerprint density at radius 3 is 2.67 bits per heavy atom. The normalized spacial score (nSPS) is 11.5. The molecule has 5 nitrogen and oxygen atoms in total. The Bertz CT molecular complexity index is 1040. The molecule has 0 amide bonds. The zero-order valence-electron chi connectivity index (χ0n) is 14.3. The minimum atomic E-state index is -3.90. The summed E-state index contributed by atoms with van der Waals surface area (Å²) in [5.74, 6) is -0.564. The van der Waals surface area contributed by atoms with Crippen LogP contribution >= 0.6 is 22.9 Å². The number of nitrogens with one attached hydrogen (secondary N) is 1. The minimum Gasteiger partial charge on any atom is -0.495 e. The van der Waals surface area contributed by atoms with Crippen molar-refractivity contribution >= 4 is 33.0 Å². The second-order valence-electron chi connectivity index (χ2n) is 5.59. The van der Waals surface area contributed by atoms with E-state index < -0.39 is 15.8 Å². The molecule has 0 aliphatic heterocycles. The van der Waals surface area contributed by atoms with Gasteiger partial charge in [0.1, 0.15) is 21.5 Å². The Kier molecular flexibility index (Phi) is 6.11. The van der Waals surface area contributed by atoms with Crippen molar-refractivity contribution in [3.8, 4) is 16.3 Å². The largest absolute Gasteiger partial charge is 0.495 e. The van der Waals surface area contributed by atoms with Gasteiger partial charge in [-0.2, -0.15) is 0 Å². The molecule has 0 saturated carbocycles. The van der Waals surface area contributed by atoms with Crippen LogP contribution in [0.25, 0.3) is 10.6 Å². The zero-order valence-corrected chi connectivity index (χ0v) is 16.7. The van der Waals surface area contributed by atoms with E-state index in [4.69, 9.17) is 16.3 Å². The average molecular weight is 427 g/mol. The molecule has 9 heteroatoms. The van der Waals surface area contributed by atoms with Gasteiger partial charge in [0.15, 0.2) is 0 Å². The van der Waals surface area contributed by atoms with Crippen molar-refractivity contribution < 1.29 is 17.5 Å². The van der Waals surface area contributed by atoms with Crippen LogP contribution in [0, 0.1) is 5.82 Å². The summed E-state index contributed by atoms with van der Waals surface area (Å²) in [7, 11) is -2.57. The van der Waals surface area contributed by atoms with Crippen molar-refractivity contribution in [3.05, 3.63) is 64.4 Å². The number of thiazole rings is 1. The Morgan fingerprint density at radius 2 is 1.96 bits per heavy atom. The Labute approximate surface area is 165 Å². The first-order chi connectivity index (χ1) is 12.9. The molecule has 27 heavy (non-hydrogen) atoms. The van der Waals surface area contributed by atoms with Crippen molar-refractivity contribution in [1.82, 2.24) is 9.71 Å². The fourth-order valence-electron chi connectivity index (χ4n) is 2.40. The Hall–Kier alpha value is -2.00. The fourth-order valence-corrected chi connectivity index (χ4v) is 4.60. The number of sulfonamides is 1. The van der Waals surface area contributed by atoms with Crippen LogP contribution in [-0.2, 0) is 16.4 Å². The molecular weight excluding hydrogens is 411 g/mol. The molecule has 0 bridgehead atoms. The van der Waals surface area contributed by atoms with Gasteiger partial charge < -0.3 is 4.74 Å². The fraction of sp³-hybridized carbons (Fsp3) is 0.167. The molecule has 0 aliphatic carbocycles. The number of rotatable bonds is 7. The first-order valence-electron chi connectivity index (χ1n) is 7.92. The second-order valence-corrected chi connectivity index (χ2v) is 8.62. The summed E-state index contributed by atoms with van der Waals surface area (Å²) in [5.41, 5.74) is 1.71. The summed E-state index contributed by atoms with van der Waals surface area (Å²) in [6.45, 7) is 0.131. The predicted molar refractivity (Wildman–Crippen MR) is 104 cm³/mol. The van der Waals surface area contributed by atoms with Gasteiger partial charge in [-0.15, -0.1) is 11.3 Å². The number of halogens is 2. The minimum absolute atomic E-state index is 0.0857. The SMILES string of the molecule is COc1ccc(F)cc1S(=O)(=O)NCCc1csc(-c2ccc(Cl)cc2)n1. The van der Waals surface area contributed by atoms with E-state index in [9.17, 15) is 12.8 Å². The number of hydrogen-bond donors (Lipinski definition) is 1. The highest BCUT2D eigenvalue weighted by Crippen LogP contribution is 2.26. The van der Waals surface area contributed by atoms with Crippen LogP contribution in [-0.4, -0.2) is 27.1 Å². The maximum Gasteiger partial charge on any atom is 0.244 e. The standard InChI is InChI=1S/C18H16ClFN2O3S2/c1-25-16-7-6-14(20)10-17(16)27(23,24)21-9-8-15-11-26-18(22-15)12-2-4-13(19)5-3-12/h2-7,10-11,21H,8-9H2,1H3. The summed E-state index contributed by atoms with van der Waals surface area (Å²) in [5, 5.41) is 3.36. The molecule has 0 saturated heterocycles. The highest BCUT2D eigenvalue weighted by molar-refractivity contribution is 7.89. The molecule has 3 aromatic rings. The van der Waals surface area contributed by atoms with E-state index in [0.29, 0.717) is 11.4 Å². The Morgan fingerprint density at radius 1 is 1.22 bits per heavy atom. The van der Waals surface area contributed by atoms with Crippen LogP contribution in [0.4, 0.5) is 4.39 Å². The molecule has 0 fully saturated rings. The molecule has 1 heterocycles. The van der Waals surface area contributed by atoms with Crippen molar-refractivity contribution in [3.63, 3.8) is 0 Å². The molecule has 0 atom stereocenters. The van der Waals surface area contributed by atoms with E-state index in [1.807, 2.05) is 17.5 Å². The van der Waals surface area contributed by atoms with E-state index in [0.717, 1.165) is 28.4 Å². The second kappa shape index (κ2) is 8.35. The molecule has 2 aromatic carbocycles. The third kappa shape index (κ3) is 4.84. The molecule has 0 unspecified atom stereocenters. The number of methoxy groups -OCH3 is 1. The van der Waals surface area contributed by atoms with Gasteiger partial charge in [0.2, 0.25) is 10.0 Å². The van der Waals surface area contributed by atoms with E-state index in [-0.39, 0.29) is 17.2 Å². The smallest absolute Gasteiger partial charge is 0.244 e. The van der Waals surface area contributed by atoms with Gasteiger partial charge in [0.05, 0.1) is 12.8 Å². The van der Waals surface area contributed by atoms with Crippen LogP contribution in [0.1, 0.15) is 5.69 Å². The quantitative estimate of drug-likeness (QED) is 0.616. The van der Waals surface area contributed by atoms with Crippen LogP contribution < -0.4 is 9.46 Å². The van der Waals surface area contributed by atoms with Crippen molar-refractivity contribution in [2.45, 2.75) is 11.3 Å². The van der Waals surface area contributed by atoms with E-state index in [1.54, 1.807) is 12.1 Å². The van der Waals surface area contributed by atoms with Gasteiger partial charge >= 0.3 is 0 Å². The Balaban J connectivity index is 1.66. The van der Waals surface area contributed by atoms with Crippen LogP contribution in [0.15, 0.2) is 52.7 Å². The molecule has 0 spiro atoms. The highest BCUT2D eigenvalue weighted by Gasteiger charge is 2.20.